The summed E-state index contributed by atoms with van der Waals surface area (Å²) in [7, 11) is 0. The molecule has 1 aromatic rings. The maximum absolute atomic E-state index is 11.3. The van der Waals surface area contributed by atoms with Gasteiger partial charge in [-0.3, -0.25) is 9.69 Å². The number of β-amino-alcohol motifs (C(OH)–C–C–N with tert-alkyl or cyclic N) is 1. The largest absolute Gasteiger partial charge is 0.492 e. The second kappa shape index (κ2) is 6.43. The third-order valence-corrected chi connectivity index (χ3v) is 3.72. The van der Waals surface area contributed by atoms with Gasteiger partial charge in [-0.15, -0.1) is 0 Å². The molecule has 1 fully saturated rings. The second-order valence-corrected chi connectivity index (χ2v) is 5.52. The lowest BCUT2D eigenvalue weighted by molar-refractivity contribution is -0.142. The van der Waals surface area contributed by atoms with Crippen molar-refractivity contribution in [3.63, 3.8) is 0 Å². The summed E-state index contributed by atoms with van der Waals surface area (Å²) in [5, 5.41) is 10.7. The van der Waals surface area contributed by atoms with E-state index in [1.807, 2.05) is 17.0 Å². The van der Waals surface area contributed by atoms with Crippen LogP contribution in [0.4, 0.5) is 0 Å². The number of rotatable bonds is 5. The lowest BCUT2D eigenvalue weighted by Gasteiger charge is -2.36. The SMILES string of the molecule is NC(=O)C1(O)CCCN(CCOc2cccc(Cl)c2)C1. The van der Waals surface area contributed by atoms with Crippen LogP contribution >= 0.6 is 11.6 Å². The number of aliphatic hydroxyl groups is 1. The van der Waals surface area contributed by atoms with Crippen LogP contribution in [-0.2, 0) is 4.79 Å². The number of hydrogen-bond donors (Lipinski definition) is 2. The van der Waals surface area contributed by atoms with Crippen molar-refractivity contribution in [1.29, 1.82) is 0 Å². The highest BCUT2D eigenvalue weighted by Gasteiger charge is 2.38. The lowest BCUT2D eigenvalue weighted by Crippen LogP contribution is -2.56. The van der Waals surface area contributed by atoms with E-state index >= 15 is 0 Å². The van der Waals surface area contributed by atoms with E-state index in [-0.39, 0.29) is 6.54 Å². The van der Waals surface area contributed by atoms with Crippen LogP contribution in [0.1, 0.15) is 12.8 Å². The minimum atomic E-state index is -1.41. The quantitative estimate of drug-likeness (QED) is 0.851. The number of hydrogen-bond acceptors (Lipinski definition) is 4. The minimum absolute atomic E-state index is 0.265. The average molecular weight is 299 g/mol. The first-order valence-electron chi connectivity index (χ1n) is 6.63. The summed E-state index contributed by atoms with van der Waals surface area (Å²) >= 11 is 5.87. The molecule has 5 nitrogen and oxygen atoms in total. The molecule has 1 aliphatic rings. The predicted octanol–water partition coefficient (Wildman–Crippen LogP) is 1.03. The summed E-state index contributed by atoms with van der Waals surface area (Å²) < 4.78 is 5.59. The zero-order valence-corrected chi connectivity index (χ0v) is 12.0. The topological polar surface area (TPSA) is 75.8 Å². The summed E-state index contributed by atoms with van der Waals surface area (Å²) in [6.07, 6.45) is 1.17. The van der Waals surface area contributed by atoms with Crippen molar-refractivity contribution in [3.05, 3.63) is 29.3 Å². The molecule has 1 heterocycles. The summed E-state index contributed by atoms with van der Waals surface area (Å²) in [6, 6.07) is 7.19. The molecule has 2 rings (SSSR count). The molecule has 0 aromatic heterocycles. The molecular weight excluding hydrogens is 280 g/mol. The van der Waals surface area contributed by atoms with E-state index < -0.39 is 11.5 Å². The fraction of sp³-hybridized carbons (Fsp3) is 0.500. The van der Waals surface area contributed by atoms with Crippen molar-refractivity contribution in [2.45, 2.75) is 18.4 Å². The zero-order chi connectivity index (χ0) is 14.6. The minimum Gasteiger partial charge on any atom is -0.492 e. The van der Waals surface area contributed by atoms with Crippen LogP contribution in [0.15, 0.2) is 24.3 Å². The molecule has 0 radical (unpaired) electrons. The Bertz CT molecular complexity index is 483. The van der Waals surface area contributed by atoms with Crippen molar-refractivity contribution < 1.29 is 14.6 Å². The highest BCUT2D eigenvalue weighted by molar-refractivity contribution is 6.30. The van der Waals surface area contributed by atoms with Crippen LogP contribution in [0.25, 0.3) is 0 Å². The molecule has 1 saturated heterocycles. The highest BCUT2D eigenvalue weighted by Crippen LogP contribution is 2.21. The van der Waals surface area contributed by atoms with Gasteiger partial charge in [0.15, 0.2) is 5.60 Å². The van der Waals surface area contributed by atoms with Gasteiger partial charge in [-0.2, -0.15) is 0 Å². The molecule has 1 amide bonds. The van der Waals surface area contributed by atoms with Gasteiger partial charge in [0.2, 0.25) is 0 Å². The Kier molecular flexibility index (Phi) is 4.86. The van der Waals surface area contributed by atoms with Crippen LogP contribution < -0.4 is 10.5 Å². The van der Waals surface area contributed by atoms with Crippen molar-refractivity contribution >= 4 is 17.5 Å². The molecule has 0 aliphatic carbocycles. The molecule has 0 bridgehead atoms. The molecule has 1 unspecified atom stereocenters. The van der Waals surface area contributed by atoms with Gasteiger partial charge >= 0.3 is 0 Å². The highest BCUT2D eigenvalue weighted by atomic mass is 35.5. The summed E-state index contributed by atoms with van der Waals surface area (Å²) in [4.78, 5) is 13.2. The number of primary amides is 1. The summed E-state index contributed by atoms with van der Waals surface area (Å²) in [5.41, 5.74) is 3.83. The molecule has 20 heavy (non-hydrogen) atoms. The lowest BCUT2D eigenvalue weighted by atomic mass is 9.92. The number of benzene rings is 1. The maximum atomic E-state index is 11.3. The van der Waals surface area contributed by atoms with Crippen LogP contribution in [0.2, 0.25) is 5.02 Å². The average Bonchev–Trinajstić information content (AvgIpc) is 2.39. The molecule has 1 aromatic carbocycles. The fourth-order valence-corrected chi connectivity index (χ4v) is 2.54. The van der Waals surface area contributed by atoms with Gasteiger partial charge in [0, 0.05) is 18.1 Å². The van der Waals surface area contributed by atoms with E-state index in [1.165, 1.54) is 0 Å². The summed E-state index contributed by atoms with van der Waals surface area (Å²) in [5.74, 6) is 0.0534. The number of carbonyl (C=O) groups excluding carboxylic acids is 1. The van der Waals surface area contributed by atoms with Crippen molar-refractivity contribution in [3.8, 4) is 5.75 Å². The van der Waals surface area contributed by atoms with Crippen molar-refractivity contribution in [1.82, 2.24) is 4.90 Å². The normalized spacial score (nSPS) is 23.5. The van der Waals surface area contributed by atoms with E-state index in [1.54, 1.807) is 12.1 Å². The number of likely N-dealkylation sites (tertiary alicyclic amines) is 1. The zero-order valence-electron chi connectivity index (χ0n) is 11.2. The smallest absolute Gasteiger partial charge is 0.250 e. The monoisotopic (exact) mass is 298 g/mol. The van der Waals surface area contributed by atoms with Gasteiger partial charge in [-0.05, 0) is 37.6 Å². The first-order valence-corrected chi connectivity index (χ1v) is 7.00. The number of nitrogens with zero attached hydrogens (tertiary/aromatic N) is 1. The molecule has 0 saturated carbocycles. The number of nitrogens with two attached hydrogens (primary N) is 1. The van der Waals surface area contributed by atoms with Gasteiger partial charge in [0.25, 0.3) is 5.91 Å². The fourth-order valence-electron chi connectivity index (χ4n) is 2.36. The number of piperidine rings is 1. The first-order chi connectivity index (χ1) is 9.49. The molecule has 3 N–H and O–H groups in total. The second-order valence-electron chi connectivity index (χ2n) is 5.08. The predicted molar refractivity (Wildman–Crippen MR) is 76.8 cm³/mol. The van der Waals surface area contributed by atoms with Gasteiger partial charge < -0.3 is 15.6 Å². The van der Waals surface area contributed by atoms with E-state index in [0.29, 0.717) is 30.3 Å². The van der Waals surface area contributed by atoms with Gasteiger partial charge in [0.05, 0.1) is 0 Å². The van der Waals surface area contributed by atoms with Gasteiger partial charge in [-0.1, -0.05) is 17.7 Å². The Morgan fingerprint density at radius 2 is 2.35 bits per heavy atom. The summed E-state index contributed by atoms with van der Waals surface area (Å²) in [6.45, 7) is 2.19. The third-order valence-electron chi connectivity index (χ3n) is 3.48. The van der Waals surface area contributed by atoms with Crippen LogP contribution in [-0.4, -0.2) is 47.8 Å². The van der Waals surface area contributed by atoms with E-state index in [9.17, 15) is 9.90 Å². The number of carbonyl (C=O) groups is 1. The van der Waals surface area contributed by atoms with E-state index in [2.05, 4.69) is 0 Å². The standard InChI is InChI=1S/C14H19ClN2O3/c15-11-3-1-4-12(9-11)20-8-7-17-6-2-5-14(19,10-17)13(16)18/h1,3-4,9,19H,2,5-8,10H2,(H2,16,18). The maximum Gasteiger partial charge on any atom is 0.250 e. The Morgan fingerprint density at radius 1 is 1.55 bits per heavy atom. The molecular formula is C14H19ClN2O3. The number of halogens is 1. The Hall–Kier alpha value is -1.30. The molecule has 1 aliphatic heterocycles. The van der Waals surface area contributed by atoms with Gasteiger partial charge in [0.1, 0.15) is 12.4 Å². The first kappa shape index (κ1) is 15.1. The molecule has 1 atom stereocenters. The van der Waals surface area contributed by atoms with E-state index in [4.69, 9.17) is 22.1 Å². The van der Waals surface area contributed by atoms with Gasteiger partial charge in [-0.25, -0.2) is 0 Å². The Labute approximate surface area is 123 Å². The van der Waals surface area contributed by atoms with E-state index in [0.717, 1.165) is 13.0 Å². The molecule has 110 valence electrons. The Balaban J connectivity index is 1.81. The van der Waals surface area contributed by atoms with Crippen molar-refractivity contribution in [2.75, 3.05) is 26.2 Å². The molecule has 0 spiro atoms. The number of ether oxygens (including phenoxy) is 1. The van der Waals surface area contributed by atoms with Crippen LogP contribution in [0.3, 0.4) is 0 Å². The molecule has 6 heteroatoms. The third kappa shape index (κ3) is 3.85. The van der Waals surface area contributed by atoms with Crippen LogP contribution in [0, 0.1) is 0 Å². The van der Waals surface area contributed by atoms with Crippen molar-refractivity contribution in [2.24, 2.45) is 5.73 Å². The van der Waals surface area contributed by atoms with Crippen LogP contribution in [0.5, 0.6) is 5.75 Å². The Morgan fingerprint density at radius 3 is 3.05 bits per heavy atom. The number of amides is 1.